The highest BCUT2D eigenvalue weighted by molar-refractivity contribution is 7.99. The Morgan fingerprint density at radius 2 is 1.79 bits per heavy atom. The van der Waals surface area contributed by atoms with Crippen molar-refractivity contribution in [1.29, 1.82) is 0 Å². The summed E-state index contributed by atoms with van der Waals surface area (Å²) < 4.78 is 16.2. The smallest absolute Gasteiger partial charge is 0.253 e. The minimum Gasteiger partial charge on any atom is -0.339 e. The molecule has 3 aromatic rings. The van der Waals surface area contributed by atoms with Crippen LogP contribution in [-0.2, 0) is 4.79 Å². The molecule has 2 aromatic carbocycles. The van der Waals surface area contributed by atoms with Crippen molar-refractivity contribution >= 4 is 29.3 Å². The highest BCUT2D eigenvalue weighted by atomic mass is 32.2. The van der Waals surface area contributed by atoms with E-state index in [0.29, 0.717) is 40.9 Å². The van der Waals surface area contributed by atoms with E-state index in [0.717, 1.165) is 12.8 Å². The van der Waals surface area contributed by atoms with Crippen LogP contribution in [0.2, 0.25) is 0 Å². The Morgan fingerprint density at radius 3 is 2.42 bits per heavy atom. The van der Waals surface area contributed by atoms with E-state index in [-0.39, 0.29) is 29.4 Å². The lowest BCUT2D eigenvalue weighted by atomic mass is 10.2. The van der Waals surface area contributed by atoms with E-state index in [9.17, 15) is 14.0 Å². The van der Waals surface area contributed by atoms with Crippen LogP contribution in [0.1, 0.15) is 43.1 Å². The topological polar surface area (TPSA) is 80.1 Å². The molecule has 7 nitrogen and oxygen atoms in total. The van der Waals surface area contributed by atoms with Crippen molar-refractivity contribution in [2.45, 2.75) is 37.9 Å². The van der Waals surface area contributed by atoms with Gasteiger partial charge in [0, 0.05) is 30.4 Å². The van der Waals surface area contributed by atoms with Crippen LogP contribution in [0.4, 0.5) is 10.1 Å². The molecule has 0 unspecified atom stereocenters. The largest absolute Gasteiger partial charge is 0.339 e. The number of hydrogen-bond donors (Lipinski definition) is 1. The van der Waals surface area contributed by atoms with E-state index >= 15 is 0 Å². The molecule has 1 heterocycles. The molecule has 4 rings (SSSR count). The number of nitrogens with zero attached hydrogens (tertiary/aromatic N) is 4. The lowest BCUT2D eigenvalue weighted by Gasteiger charge is -2.18. The van der Waals surface area contributed by atoms with Gasteiger partial charge in [0.1, 0.15) is 5.82 Å². The Kier molecular flexibility index (Phi) is 7.08. The summed E-state index contributed by atoms with van der Waals surface area (Å²) in [4.78, 5) is 26.7. The highest BCUT2D eigenvalue weighted by Crippen LogP contribution is 2.41. The molecule has 1 saturated carbocycles. The number of aromatic nitrogens is 3. The third kappa shape index (κ3) is 5.24. The van der Waals surface area contributed by atoms with Gasteiger partial charge >= 0.3 is 0 Å². The van der Waals surface area contributed by atoms with Crippen LogP contribution in [-0.4, -0.2) is 50.3 Å². The zero-order valence-electron chi connectivity index (χ0n) is 18.6. The summed E-state index contributed by atoms with van der Waals surface area (Å²) in [6.45, 7) is 5.18. The van der Waals surface area contributed by atoms with Gasteiger partial charge in [-0.15, -0.1) is 10.2 Å². The number of halogens is 1. The van der Waals surface area contributed by atoms with Crippen molar-refractivity contribution < 1.29 is 14.0 Å². The standard InChI is InChI=1S/C24H26FN5O2S/c1-3-29(4-2)23(32)16-9-11-17(12-10-16)26-21(31)15-33-24-28-27-22(30(24)18-13-14-18)19-7-5-6-8-20(19)25/h5-12,18H,3-4,13-15H2,1-2H3,(H,26,31). The summed E-state index contributed by atoms with van der Waals surface area (Å²) in [5, 5.41) is 11.9. The average Bonchev–Trinajstić information content (AvgIpc) is 3.58. The minimum absolute atomic E-state index is 0.0292. The summed E-state index contributed by atoms with van der Waals surface area (Å²) in [7, 11) is 0. The fourth-order valence-electron chi connectivity index (χ4n) is 3.58. The normalized spacial score (nSPS) is 13.1. The Bertz CT molecular complexity index is 1140. The lowest BCUT2D eigenvalue weighted by Crippen LogP contribution is -2.30. The molecule has 0 spiro atoms. The molecule has 0 aliphatic heterocycles. The van der Waals surface area contributed by atoms with Gasteiger partial charge in [-0.2, -0.15) is 0 Å². The first-order valence-electron chi connectivity index (χ1n) is 11.0. The summed E-state index contributed by atoms with van der Waals surface area (Å²) in [5.41, 5.74) is 1.62. The molecule has 172 valence electrons. The molecule has 0 saturated heterocycles. The molecule has 0 bridgehead atoms. The second kappa shape index (κ2) is 10.2. The van der Waals surface area contributed by atoms with E-state index in [1.54, 1.807) is 47.4 Å². The zero-order valence-corrected chi connectivity index (χ0v) is 19.4. The molecular weight excluding hydrogens is 441 g/mol. The Labute approximate surface area is 196 Å². The SMILES string of the molecule is CCN(CC)C(=O)c1ccc(NC(=O)CSc2nnc(-c3ccccc3F)n2C2CC2)cc1. The number of anilines is 1. The summed E-state index contributed by atoms with van der Waals surface area (Å²) in [5.74, 6) is 0.0671. The van der Waals surface area contributed by atoms with Crippen LogP contribution in [0.25, 0.3) is 11.4 Å². The molecular formula is C24H26FN5O2S. The van der Waals surface area contributed by atoms with E-state index in [1.165, 1.54) is 17.8 Å². The minimum atomic E-state index is -0.344. The number of nitrogens with one attached hydrogen (secondary N) is 1. The number of benzene rings is 2. The molecule has 1 N–H and O–H groups in total. The average molecular weight is 468 g/mol. The quantitative estimate of drug-likeness (QED) is 0.464. The Morgan fingerprint density at radius 1 is 1.09 bits per heavy atom. The fraction of sp³-hybridized carbons (Fsp3) is 0.333. The van der Waals surface area contributed by atoms with Crippen molar-refractivity contribution in [3.63, 3.8) is 0 Å². The van der Waals surface area contributed by atoms with E-state index < -0.39 is 0 Å². The third-order valence-electron chi connectivity index (χ3n) is 5.49. The maximum absolute atomic E-state index is 14.3. The van der Waals surface area contributed by atoms with E-state index in [4.69, 9.17) is 0 Å². The first-order valence-corrected chi connectivity index (χ1v) is 12.0. The number of thioether (sulfide) groups is 1. The Balaban J connectivity index is 1.40. The van der Waals surface area contributed by atoms with Gasteiger partial charge in [-0.3, -0.25) is 14.2 Å². The number of hydrogen-bond acceptors (Lipinski definition) is 5. The number of rotatable bonds is 9. The van der Waals surface area contributed by atoms with Crippen LogP contribution in [0.5, 0.6) is 0 Å². The van der Waals surface area contributed by atoms with Crippen molar-refractivity contribution in [1.82, 2.24) is 19.7 Å². The number of carbonyl (C=O) groups excluding carboxylic acids is 2. The molecule has 1 aromatic heterocycles. The van der Waals surface area contributed by atoms with Crippen LogP contribution in [0, 0.1) is 5.82 Å². The van der Waals surface area contributed by atoms with Crippen LogP contribution >= 0.6 is 11.8 Å². The summed E-state index contributed by atoms with van der Waals surface area (Å²) >= 11 is 1.28. The van der Waals surface area contributed by atoms with Crippen LogP contribution in [0.15, 0.2) is 53.7 Å². The molecule has 1 aliphatic rings. The van der Waals surface area contributed by atoms with Gasteiger partial charge in [-0.05, 0) is 63.1 Å². The van der Waals surface area contributed by atoms with Crippen molar-refractivity contribution in [2.24, 2.45) is 0 Å². The summed E-state index contributed by atoms with van der Waals surface area (Å²) in [6.07, 6.45) is 1.97. The number of carbonyl (C=O) groups is 2. The molecule has 33 heavy (non-hydrogen) atoms. The van der Waals surface area contributed by atoms with Gasteiger partial charge in [0.25, 0.3) is 5.91 Å². The second-order valence-electron chi connectivity index (χ2n) is 7.78. The molecule has 1 fully saturated rings. The molecule has 1 aliphatic carbocycles. The summed E-state index contributed by atoms with van der Waals surface area (Å²) in [6, 6.07) is 13.6. The predicted molar refractivity (Wildman–Crippen MR) is 127 cm³/mol. The third-order valence-corrected chi connectivity index (χ3v) is 6.43. The second-order valence-corrected chi connectivity index (χ2v) is 8.72. The van der Waals surface area contributed by atoms with E-state index in [1.807, 2.05) is 18.4 Å². The van der Waals surface area contributed by atoms with Gasteiger partial charge in [0.15, 0.2) is 11.0 Å². The highest BCUT2D eigenvalue weighted by Gasteiger charge is 2.31. The number of amides is 2. The van der Waals surface area contributed by atoms with Crippen molar-refractivity contribution in [2.75, 3.05) is 24.2 Å². The lowest BCUT2D eigenvalue weighted by molar-refractivity contribution is -0.113. The van der Waals surface area contributed by atoms with Crippen molar-refractivity contribution in [3.05, 3.63) is 59.9 Å². The van der Waals surface area contributed by atoms with Gasteiger partial charge in [-0.1, -0.05) is 23.9 Å². The molecule has 9 heteroatoms. The Hall–Kier alpha value is -3.20. The molecule has 0 radical (unpaired) electrons. The van der Waals surface area contributed by atoms with E-state index in [2.05, 4.69) is 15.5 Å². The first kappa shape index (κ1) is 23.0. The first-order chi connectivity index (χ1) is 16.0. The monoisotopic (exact) mass is 467 g/mol. The van der Waals surface area contributed by atoms with Crippen molar-refractivity contribution in [3.8, 4) is 11.4 Å². The fourth-order valence-corrected chi connectivity index (χ4v) is 4.39. The van der Waals surface area contributed by atoms with Gasteiger partial charge in [-0.25, -0.2) is 4.39 Å². The molecule has 0 atom stereocenters. The van der Waals surface area contributed by atoms with Crippen LogP contribution < -0.4 is 5.32 Å². The van der Waals surface area contributed by atoms with Crippen LogP contribution in [0.3, 0.4) is 0 Å². The van der Waals surface area contributed by atoms with Gasteiger partial charge in [0.2, 0.25) is 5.91 Å². The van der Waals surface area contributed by atoms with Gasteiger partial charge < -0.3 is 10.2 Å². The maximum atomic E-state index is 14.3. The molecule has 2 amide bonds. The maximum Gasteiger partial charge on any atom is 0.253 e. The zero-order chi connectivity index (χ0) is 23.4. The van der Waals surface area contributed by atoms with Gasteiger partial charge in [0.05, 0.1) is 11.3 Å². The predicted octanol–water partition coefficient (Wildman–Crippen LogP) is 4.63.